The zero-order valence-corrected chi connectivity index (χ0v) is 39.7. The van der Waals surface area contributed by atoms with Crippen molar-refractivity contribution in [3.8, 4) is 0 Å². The van der Waals surface area contributed by atoms with Crippen molar-refractivity contribution in [1.29, 1.82) is 0 Å². The van der Waals surface area contributed by atoms with Crippen molar-refractivity contribution in [2.24, 2.45) is 45.3 Å². The lowest BCUT2D eigenvalue weighted by Gasteiger charge is -2.69. The van der Waals surface area contributed by atoms with Crippen LogP contribution in [0.1, 0.15) is 113 Å². The summed E-state index contributed by atoms with van der Waals surface area (Å²) in [5, 5.41) is 116. The van der Waals surface area contributed by atoms with E-state index in [1.54, 1.807) is 0 Å². The second-order valence-corrected chi connectivity index (χ2v) is 22.5. The summed E-state index contributed by atoms with van der Waals surface area (Å²) in [5.41, 5.74) is -1.52. The molecule has 24 atom stereocenters. The zero-order chi connectivity index (χ0) is 48.5. The lowest BCUT2D eigenvalue weighted by atomic mass is 9.35. The molecule has 18 heteroatoms. The Hall–Kier alpha value is -1.27. The van der Waals surface area contributed by atoms with Gasteiger partial charge in [0.2, 0.25) is 0 Å². The van der Waals surface area contributed by atoms with E-state index in [4.69, 9.17) is 28.4 Å². The highest BCUT2D eigenvalue weighted by molar-refractivity contribution is 5.62. The summed E-state index contributed by atoms with van der Waals surface area (Å²) >= 11 is 0. The molecule has 11 N–H and O–H groups in total. The van der Waals surface area contributed by atoms with Crippen molar-refractivity contribution in [1.82, 2.24) is 0 Å². The molecule has 0 amide bonds. The van der Waals surface area contributed by atoms with E-state index in [0.717, 1.165) is 37.7 Å². The molecule has 66 heavy (non-hydrogen) atoms. The fraction of sp³-hybridized carbons (Fsp3) is 0.938. The van der Waals surface area contributed by atoms with Crippen molar-refractivity contribution in [2.75, 3.05) is 19.8 Å². The molecule has 7 rings (SSSR count). The van der Waals surface area contributed by atoms with Crippen LogP contribution in [0, 0.1) is 45.3 Å². The highest BCUT2D eigenvalue weighted by Crippen LogP contribution is 2.76. The average molecular weight is 945 g/mol. The molecule has 3 heterocycles. The summed E-state index contributed by atoms with van der Waals surface area (Å²) in [7, 11) is 0. The molecule has 7 aliphatic rings. The predicted molar refractivity (Wildman–Crippen MR) is 233 cm³/mol. The maximum absolute atomic E-state index is 14.0. The third-order valence-electron chi connectivity index (χ3n) is 18.6. The van der Waals surface area contributed by atoms with Crippen molar-refractivity contribution >= 4 is 6.29 Å². The second kappa shape index (κ2) is 19.7. The monoisotopic (exact) mass is 945 g/mol. The smallest absolute Gasteiger partial charge is 0.187 e. The van der Waals surface area contributed by atoms with Crippen LogP contribution in [0.2, 0.25) is 0 Å². The summed E-state index contributed by atoms with van der Waals surface area (Å²) in [6, 6.07) is 0. The zero-order valence-electron chi connectivity index (χ0n) is 39.7. The van der Waals surface area contributed by atoms with E-state index in [2.05, 4.69) is 40.7 Å². The molecule has 3 aliphatic heterocycles. The molecule has 3 saturated heterocycles. The minimum atomic E-state index is -1.81. The topological polar surface area (TPSA) is 295 Å². The maximum atomic E-state index is 14.0. The average Bonchev–Trinajstić information content (AvgIpc) is 3.65. The van der Waals surface area contributed by atoms with E-state index >= 15 is 0 Å². The van der Waals surface area contributed by atoms with Crippen molar-refractivity contribution in [2.45, 2.75) is 216 Å². The van der Waals surface area contributed by atoms with Crippen LogP contribution in [0.15, 0.2) is 11.6 Å². The first-order chi connectivity index (χ1) is 31.0. The first kappa shape index (κ1) is 52.6. The Labute approximate surface area is 388 Å². The van der Waals surface area contributed by atoms with E-state index < -0.39 is 134 Å². The number of carbonyl (C=O) groups excluding carboxylic acids is 1. The Balaban J connectivity index is 1.13. The van der Waals surface area contributed by atoms with Gasteiger partial charge in [-0.15, -0.1) is 0 Å². The SMILES string of the molecule is CC(C)=CCC[C@@](C)(O[C@@H]1O[C@H](CO)[C@@H](O)[C@H](O)[C@H]1O)[C@H]1CC[C@]2(C)[C@@H]1CC[C@@H]1[C@@]3(C=O)CC[C@H](O[C@@H]4O[C@H](CO)[C@@H](O)[C@H](O)[C@H]4O[C@@H]4O[C@H](CO)[C@@H](O)[C@H](O)[C@H]4O)C(C)(C)[C@@H]3CC[C@]12C. The van der Waals surface area contributed by atoms with Crippen molar-refractivity contribution in [3.63, 3.8) is 0 Å². The van der Waals surface area contributed by atoms with Crippen LogP contribution < -0.4 is 0 Å². The van der Waals surface area contributed by atoms with Crippen molar-refractivity contribution < 1.29 is 89.4 Å². The standard InChI is InChI=1S/C48H80O18/c1-23(2)9-8-15-47(7,66-42-39(60)36(57)33(54)27(20-50)62-42)25-12-16-45(5)24(25)10-11-30-46(45,6)17-13-29-44(3,4)31(14-18-48(29,30)22-52)64-43-40(37(58)34(55)28(21-51)63-43)65-41-38(59)35(56)32(53)26(19-49)61-41/h9,22,24-43,49-51,53-60H,8,10-21H2,1-7H3/t24-,25+,26-,27-,28-,29+,30+,31+,32-,33-,34-,35+,36+,37+,38-,39-,40-,41+,42+,43+,45-,46-,47-,48-/m1/s1. The number of hydrogen-bond acceptors (Lipinski definition) is 18. The first-order valence-electron chi connectivity index (χ1n) is 24.3. The van der Waals surface area contributed by atoms with Gasteiger partial charge in [0.25, 0.3) is 0 Å². The highest BCUT2D eigenvalue weighted by atomic mass is 16.8. The number of carbonyl (C=O) groups is 1. The summed E-state index contributed by atoms with van der Waals surface area (Å²) < 4.78 is 37.1. The first-order valence-corrected chi connectivity index (χ1v) is 24.3. The summed E-state index contributed by atoms with van der Waals surface area (Å²) in [5.74, 6) is 0.0827. The van der Waals surface area contributed by atoms with Crippen LogP contribution in [-0.2, 0) is 33.2 Å². The van der Waals surface area contributed by atoms with Crippen LogP contribution in [0.3, 0.4) is 0 Å². The largest absolute Gasteiger partial charge is 0.394 e. The quantitative estimate of drug-likeness (QED) is 0.0629. The van der Waals surface area contributed by atoms with Gasteiger partial charge in [0.15, 0.2) is 18.9 Å². The van der Waals surface area contributed by atoms with Gasteiger partial charge in [-0.25, -0.2) is 0 Å². The lowest BCUT2D eigenvalue weighted by molar-refractivity contribution is -0.378. The Bertz CT molecular complexity index is 1690. The van der Waals surface area contributed by atoms with Gasteiger partial charge in [0.1, 0.15) is 79.5 Å². The van der Waals surface area contributed by atoms with Gasteiger partial charge >= 0.3 is 0 Å². The molecule has 7 fully saturated rings. The number of allylic oxidation sites excluding steroid dienone is 2. The molecule has 0 spiro atoms. The van der Waals surface area contributed by atoms with Crippen LogP contribution in [0.25, 0.3) is 0 Å². The number of aliphatic hydroxyl groups excluding tert-OH is 11. The van der Waals surface area contributed by atoms with Gasteiger partial charge in [-0.2, -0.15) is 0 Å². The fourth-order valence-electron chi connectivity index (χ4n) is 14.7. The molecule has 0 bridgehead atoms. The van der Waals surface area contributed by atoms with E-state index in [0.29, 0.717) is 32.1 Å². The van der Waals surface area contributed by atoms with Gasteiger partial charge in [-0.05, 0) is 125 Å². The van der Waals surface area contributed by atoms with Crippen LogP contribution in [-0.4, -0.2) is 186 Å². The molecule has 0 aromatic carbocycles. The molecule has 380 valence electrons. The number of ether oxygens (including phenoxy) is 6. The van der Waals surface area contributed by atoms with E-state index in [1.807, 2.05) is 13.8 Å². The van der Waals surface area contributed by atoms with Gasteiger partial charge < -0.3 is 89.4 Å². The number of rotatable bonds is 14. The van der Waals surface area contributed by atoms with Crippen LogP contribution in [0.4, 0.5) is 0 Å². The highest BCUT2D eigenvalue weighted by Gasteiger charge is 2.71. The molecular weight excluding hydrogens is 865 g/mol. The Morgan fingerprint density at radius 3 is 1.74 bits per heavy atom. The Morgan fingerprint density at radius 1 is 0.621 bits per heavy atom. The normalized spacial score (nSPS) is 51.2. The number of fused-ring (bicyclic) bond motifs is 5. The summed E-state index contributed by atoms with van der Waals surface area (Å²) in [6.45, 7) is 13.1. The van der Waals surface area contributed by atoms with Crippen LogP contribution in [0.5, 0.6) is 0 Å². The van der Waals surface area contributed by atoms with Crippen molar-refractivity contribution in [3.05, 3.63) is 11.6 Å². The molecule has 0 unspecified atom stereocenters. The predicted octanol–water partition coefficient (Wildman–Crippen LogP) is 0.181. The second-order valence-electron chi connectivity index (χ2n) is 22.5. The van der Waals surface area contributed by atoms with Gasteiger partial charge in [-0.3, -0.25) is 0 Å². The molecule has 0 radical (unpaired) electrons. The Morgan fingerprint density at radius 2 is 1.17 bits per heavy atom. The number of hydrogen-bond donors (Lipinski definition) is 11. The molecule has 0 aromatic rings. The van der Waals surface area contributed by atoms with Gasteiger partial charge in [0.05, 0.1) is 31.5 Å². The molecule has 0 aromatic heterocycles. The molecule has 4 saturated carbocycles. The van der Waals surface area contributed by atoms with Gasteiger partial charge in [-0.1, -0.05) is 39.3 Å². The third kappa shape index (κ3) is 8.70. The van der Waals surface area contributed by atoms with Gasteiger partial charge in [0, 0.05) is 5.41 Å². The van der Waals surface area contributed by atoms with E-state index in [9.17, 15) is 61.0 Å². The fourth-order valence-corrected chi connectivity index (χ4v) is 14.7. The molecule has 18 nitrogen and oxygen atoms in total. The molecular formula is C48H80O18. The molecule has 4 aliphatic carbocycles. The van der Waals surface area contributed by atoms with E-state index in [1.165, 1.54) is 6.29 Å². The third-order valence-corrected chi connectivity index (χ3v) is 18.6. The number of aldehydes is 1. The maximum Gasteiger partial charge on any atom is 0.187 e. The summed E-state index contributed by atoms with van der Waals surface area (Å²) in [4.78, 5) is 14.0. The minimum absolute atomic E-state index is 0.0220. The number of aliphatic hydroxyl groups is 11. The minimum Gasteiger partial charge on any atom is -0.394 e. The van der Waals surface area contributed by atoms with Crippen LogP contribution >= 0.6 is 0 Å². The Kier molecular flexibility index (Phi) is 15.7. The lowest BCUT2D eigenvalue weighted by Crippen LogP contribution is -2.67. The van der Waals surface area contributed by atoms with E-state index in [-0.39, 0.29) is 34.5 Å². The summed E-state index contributed by atoms with van der Waals surface area (Å²) in [6.07, 6.45) is -12.9.